The summed E-state index contributed by atoms with van der Waals surface area (Å²) in [6.07, 6.45) is 6.97. The summed E-state index contributed by atoms with van der Waals surface area (Å²) in [5, 5.41) is 0. The van der Waals surface area contributed by atoms with Gasteiger partial charge in [-0.2, -0.15) is 0 Å². The fourth-order valence-corrected chi connectivity index (χ4v) is 2.22. The number of hydrogen-bond donors (Lipinski definition) is 0. The number of halogens is 1. The van der Waals surface area contributed by atoms with Crippen molar-refractivity contribution in [2.24, 2.45) is 11.8 Å². The summed E-state index contributed by atoms with van der Waals surface area (Å²) < 4.78 is 5.39. The summed E-state index contributed by atoms with van der Waals surface area (Å²) in [5.74, 6) is 0.984. The van der Waals surface area contributed by atoms with E-state index in [1.165, 1.54) is 32.1 Å². The summed E-state index contributed by atoms with van der Waals surface area (Å²) in [6.45, 7) is 4.15. The largest absolute Gasteiger partial charge is 0.451 e. The highest BCUT2D eigenvalue weighted by Crippen LogP contribution is 2.27. The molecule has 2 nitrogen and oxygen atoms in total. The van der Waals surface area contributed by atoms with Crippen LogP contribution in [0.1, 0.15) is 52.4 Å². The molecule has 0 aliphatic heterocycles. The topological polar surface area (TPSA) is 26.3 Å². The second-order valence-corrected chi connectivity index (χ2v) is 6.02. The van der Waals surface area contributed by atoms with Crippen molar-refractivity contribution < 1.29 is 9.53 Å². The second-order valence-electron chi connectivity index (χ2n) is 4.79. The van der Waals surface area contributed by atoms with Crippen molar-refractivity contribution in [1.82, 2.24) is 0 Å². The fraction of sp³-hybridized carbons (Fsp3) is 0.917. The van der Waals surface area contributed by atoms with Gasteiger partial charge >= 0.3 is 5.97 Å². The fourth-order valence-electron chi connectivity index (χ4n) is 1.94. The standard InChI is InChI=1S/C12H21IO2/c1-9(2)12(13)15-11(14)8-10-6-4-3-5-7-10/h9-10,12H,3-8H2,1-2H3. The Morgan fingerprint density at radius 2 is 1.93 bits per heavy atom. The van der Waals surface area contributed by atoms with Crippen molar-refractivity contribution in [2.75, 3.05) is 0 Å². The van der Waals surface area contributed by atoms with Gasteiger partial charge in [-0.3, -0.25) is 4.79 Å². The van der Waals surface area contributed by atoms with E-state index in [2.05, 4.69) is 36.4 Å². The molecule has 1 unspecified atom stereocenters. The molecule has 1 rings (SSSR count). The van der Waals surface area contributed by atoms with Gasteiger partial charge in [0.15, 0.2) is 4.11 Å². The Morgan fingerprint density at radius 3 is 2.47 bits per heavy atom. The zero-order valence-corrected chi connectivity index (χ0v) is 11.8. The Labute approximate surface area is 106 Å². The number of hydrogen-bond acceptors (Lipinski definition) is 2. The predicted molar refractivity (Wildman–Crippen MR) is 69.9 cm³/mol. The van der Waals surface area contributed by atoms with Crippen LogP contribution in [0.2, 0.25) is 0 Å². The van der Waals surface area contributed by atoms with Crippen molar-refractivity contribution in [3.05, 3.63) is 0 Å². The maximum absolute atomic E-state index is 11.6. The highest BCUT2D eigenvalue weighted by molar-refractivity contribution is 14.1. The van der Waals surface area contributed by atoms with Crippen LogP contribution in [0.15, 0.2) is 0 Å². The van der Waals surface area contributed by atoms with E-state index in [1.54, 1.807) is 0 Å². The van der Waals surface area contributed by atoms with Crippen molar-refractivity contribution in [1.29, 1.82) is 0 Å². The van der Waals surface area contributed by atoms with Crippen molar-refractivity contribution in [3.8, 4) is 0 Å². The van der Waals surface area contributed by atoms with E-state index in [-0.39, 0.29) is 10.1 Å². The summed E-state index contributed by atoms with van der Waals surface area (Å²) in [5.41, 5.74) is 0. The van der Waals surface area contributed by atoms with Crippen LogP contribution in [0.3, 0.4) is 0 Å². The molecule has 0 amide bonds. The molecule has 1 aliphatic rings. The average molecular weight is 324 g/mol. The van der Waals surface area contributed by atoms with Gasteiger partial charge < -0.3 is 4.74 Å². The Bertz CT molecular complexity index is 198. The molecule has 0 heterocycles. The van der Waals surface area contributed by atoms with Gasteiger partial charge in [0.05, 0.1) is 0 Å². The predicted octanol–water partition coefficient (Wildman–Crippen LogP) is 3.92. The maximum atomic E-state index is 11.6. The average Bonchev–Trinajstić information content (AvgIpc) is 2.18. The van der Waals surface area contributed by atoms with Gasteiger partial charge in [0.1, 0.15) is 0 Å². The van der Waals surface area contributed by atoms with Gasteiger partial charge in [-0.1, -0.05) is 33.1 Å². The van der Waals surface area contributed by atoms with E-state index in [1.807, 2.05) is 0 Å². The number of carbonyl (C=O) groups is 1. The molecule has 0 N–H and O–H groups in total. The van der Waals surface area contributed by atoms with Crippen molar-refractivity contribution >= 4 is 28.6 Å². The lowest BCUT2D eigenvalue weighted by Gasteiger charge is -2.22. The molecule has 0 bridgehead atoms. The number of carbonyl (C=O) groups excluding carboxylic acids is 1. The van der Waals surface area contributed by atoms with E-state index in [9.17, 15) is 4.79 Å². The normalized spacial score (nSPS) is 20.3. The van der Waals surface area contributed by atoms with Gasteiger partial charge in [-0.15, -0.1) is 0 Å². The van der Waals surface area contributed by atoms with Gasteiger partial charge in [0.2, 0.25) is 0 Å². The van der Waals surface area contributed by atoms with Crippen molar-refractivity contribution in [3.63, 3.8) is 0 Å². The van der Waals surface area contributed by atoms with Crippen LogP contribution in [0.5, 0.6) is 0 Å². The highest BCUT2D eigenvalue weighted by Gasteiger charge is 2.20. The smallest absolute Gasteiger partial charge is 0.307 e. The first kappa shape index (κ1) is 13.3. The molecule has 1 saturated carbocycles. The maximum Gasteiger partial charge on any atom is 0.307 e. The minimum atomic E-state index is -0.00463. The van der Waals surface area contributed by atoms with Gasteiger partial charge in [-0.25, -0.2) is 0 Å². The van der Waals surface area contributed by atoms with Gasteiger partial charge in [-0.05, 0) is 47.3 Å². The van der Waals surface area contributed by atoms with Crippen LogP contribution in [0, 0.1) is 11.8 Å². The van der Waals surface area contributed by atoms with Crippen LogP contribution in [-0.2, 0) is 9.53 Å². The molecule has 3 heteroatoms. The molecule has 88 valence electrons. The van der Waals surface area contributed by atoms with Gasteiger partial charge in [0, 0.05) is 6.42 Å². The first-order valence-electron chi connectivity index (χ1n) is 5.93. The van der Waals surface area contributed by atoms with Crippen LogP contribution in [0.4, 0.5) is 0 Å². The van der Waals surface area contributed by atoms with E-state index in [0.717, 1.165) is 0 Å². The lowest BCUT2D eigenvalue weighted by atomic mass is 9.87. The monoisotopic (exact) mass is 324 g/mol. The molecule has 1 fully saturated rings. The van der Waals surface area contributed by atoms with Crippen molar-refractivity contribution in [2.45, 2.75) is 56.5 Å². The van der Waals surface area contributed by atoms with Gasteiger partial charge in [0.25, 0.3) is 0 Å². The first-order chi connectivity index (χ1) is 7.09. The van der Waals surface area contributed by atoms with E-state index in [4.69, 9.17) is 4.74 Å². The van der Waals surface area contributed by atoms with E-state index in [0.29, 0.717) is 18.3 Å². The molecule has 0 aromatic rings. The third-order valence-corrected chi connectivity index (χ3v) is 4.64. The van der Waals surface area contributed by atoms with Crippen LogP contribution in [-0.4, -0.2) is 10.1 Å². The quantitative estimate of drug-likeness (QED) is 0.445. The summed E-state index contributed by atoms with van der Waals surface area (Å²) in [7, 11) is 0. The minimum Gasteiger partial charge on any atom is -0.451 e. The molecule has 0 aromatic heterocycles. The zero-order chi connectivity index (χ0) is 11.3. The Kier molecular flexibility index (Phi) is 5.94. The molecule has 0 radical (unpaired) electrons. The summed E-state index contributed by atoms with van der Waals surface area (Å²) >= 11 is 2.20. The molecule has 0 aromatic carbocycles. The zero-order valence-electron chi connectivity index (χ0n) is 9.67. The van der Waals surface area contributed by atoms with E-state index < -0.39 is 0 Å². The highest BCUT2D eigenvalue weighted by atomic mass is 127. The number of rotatable bonds is 4. The Balaban J connectivity index is 2.22. The number of ether oxygens (including phenoxy) is 1. The molecule has 15 heavy (non-hydrogen) atoms. The van der Waals surface area contributed by atoms with Crippen LogP contribution in [0.25, 0.3) is 0 Å². The number of esters is 1. The lowest BCUT2D eigenvalue weighted by Crippen LogP contribution is -2.20. The molecule has 0 spiro atoms. The third-order valence-electron chi connectivity index (χ3n) is 2.95. The second kappa shape index (κ2) is 6.71. The first-order valence-corrected chi connectivity index (χ1v) is 7.17. The Morgan fingerprint density at radius 1 is 1.33 bits per heavy atom. The minimum absolute atomic E-state index is 0.00463. The molecule has 0 saturated heterocycles. The molecular formula is C12H21IO2. The van der Waals surface area contributed by atoms with Crippen LogP contribution < -0.4 is 0 Å². The van der Waals surface area contributed by atoms with E-state index >= 15 is 0 Å². The summed E-state index contributed by atoms with van der Waals surface area (Å²) in [6, 6.07) is 0. The SMILES string of the molecule is CC(C)C(I)OC(=O)CC1CCCCC1. The Hall–Kier alpha value is 0.200. The summed E-state index contributed by atoms with van der Waals surface area (Å²) in [4.78, 5) is 11.6. The van der Waals surface area contributed by atoms with Crippen LogP contribution >= 0.6 is 22.6 Å². The number of alkyl halides is 1. The molecule has 1 atom stereocenters. The molecule has 1 aliphatic carbocycles. The molecular weight excluding hydrogens is 303 g/mol. The lowest BCUT2D eigenvalue weighted by molar-refractivity contribution is -0.147. The third kappa shape index (κ3) is 5.18.